The number of amides is 1. The van der Waals surface area contributed by atoms with Gasteiger partial charge in [-0.3, -0.25) is 9.47 Å². The number of nitrogen functional groups attached to an aromatic ring is 1. The van der Waals surface area contributed by atoms with Gasteiger partial charge in [0.1, 0.15) is 5.69 Å². The van der Waals surface area contributed by atoms with Gasteiger partial charge in [-0.1, -0.05) is 30.3 Å². The zero-order chi connectivity index (χ0) is 12.3. The third-order valence-electron chi connectivity index (χ3n) is 2.66. The number of aromatic nitrogens is 1. The Morgan fingerprint density at radius 3 is 2.53 bits per heavy atom. The molecule has 0 fully saturated rings. The van der Waals surface area contributed by atoms with E-state index in [1.807, 2.05) is 37.3 Å². The number of hydrogen-bond acceptors (Lipinski definition) is 2. The van der Waals surface area contributed by atoms with Crippen molar-refractivity contribution in [2.75, 3.05) is 5.84 Å². The van der Waals surface area contributed by atoms with E-state index in [1.54, 1.807) is 18.3 Å². The maximum absolute atomic E-state index is 11.9. The van der Waals surface area contributed by atoms with Crippen LogP contribution in [-0.4, -0.2) is 10.6 Å². The van der Waals surface area contributed by atoms with Crippen molar-refractivity contribution in [1.29, 1.82) is 0 Å². The van der Waals surface area contributed by atoms with E-state index in [-0.39, 0.29) is 11.9 Å². The summed E-state index contributed by atoms with van der Waals surface area (Å²) in [6.07, 6.45) is 1.64. The summed E-state index contributed by atoms with van der Waals surface area (Å²) < 4.78 is 1.31. The molecule has 3 N–H and O–H groups in total. The van der Waals surface area contributed by atoms with Crippen molar-refractivity contribution in [2.45, 2.75) is 13.0 Å². The second-order valence-electron chi connectivity index (χ2n) is 3.91. The average Bonchev–Trinajstić information content (AvgIpc) is 2.76. The Labute approximate surface area is 100 Å². The molecule has 0 saturated heterocycles. The maximum Gasteiger partial charge on any atom is 0.270 e. The van der Waals surface area contributed by atoms with Crippen molar-refractivity contribution in [3.8, 4) is 0 Å². The lowest BCUT2D eigenvalue weighted by atomic mass is 10.1. The van der Waals surface area contributed by atoms with Crippen LogP contribution < -0.4 is 11.2 Å². The van der Waals surface area contributed by atoms with E-state index in [2.05, 4.69) is 5.32 Å². The van der Waals surface area contributed by atoms with Gasteiger partial charge in [-0.2, -0.15) is 0 Å². The molecule has 4 heteroatoms. The van der Waals surface area contributed by atoms with Gasteiger partial charge in [-0.15, -0.1) is 0 Å². The second-order valence-corrected chi connectivity index (χ2v) is 3.91. The molecule has 1 unspecified atom stereocenters. The molecule has 1 atom stereocenters. The van der Waals surface area contributed by atoms with Crippen molar-refractivity contribution < 1.29 is 4.79 Å². The summed E-state index contributed by atoms with van der Waals surface area (Å²) in [7, 11) is 0. The second kappa shape index (κ2) is 4.74. The monoisotopic (exact) mass is 229 g/mol. The topological polar surface area (TPSA) is 60.0 Å². The van der Waals surface area contributed by atoms with Gasteiger partial charge in [0.2, 0.25) is 0 Å². The van der Waals surface area contributed by atoms with Crippen molar-refractivity contribution in [3.63, 3.8) is 0 Å². The standard InChI is InChI=1S/C13H15N3O/c1-10(11-6-3-2-4-7-11)15-13(17)12-8-5-9-16(12)14/h2-10H,14H2,1H3,(H,15,17). The van der Waals surface area contributed by atoms with Crippen molar-refractivity contribution in [1.82, 2.24) is 9.99 Å². The smallest absolute Gasteiger partial charge is 0.270 e. The van der Waals surface area contributed by atoms with Crippen LogP contribution in [0, 0.1) is 0 Å². The number of hydrogen-bond donors (Lipinski definition) is 2. The summed E-state index contributed by atoms with van der Waals surface area (Å²) in [6, 6.07) is 13.2. The minimum atomic E-state index is -0.172. The summed E-state index contributed by atoms with van der Waals surface area (Å²) in [4.78, 5) is 11.9. The van der Waals surface area contributed by atoms with E-state index in [4.69, 9.17) is 5.84 Å². The maximum atomic E-state index is 11.9. The molecule has 0 aliphatic carbocycles. The summed E-state index contributed by atoms with van der Waals surface area (Å²) in [5.41, 5.74) is 1.52. The summed E-state index contributed by atoms with van der Waals surface area (Å²) >= 11 is 0. The Bertz CT molecular complexity index is 504. The highest BCUT2D eigenvalue weighted by atomic mass is 16.2. The van der Waals surface area contributed by atoms with Gasteiger partial charge in [0.05, 0.1) is 6.04 Å². The number of carbonyl (C=O) groups is 1. The molecule has 0 aliphatic heterocycles. The number of nitrogens with zero attached hydrogens (tertiary/aromatic N) is 1. The number of benzene rings is 1. The average molecular weight is 229 g/mol. The van der Waals surface area contributed by atoms with E-state index < -0.39 is 0 Å². The Morgan fingerprint density at radius 2 is 1.94 bits per heavy atom. The first-order chi connectivity index (χ1) is 8.18. The quantitative estimate of drug-likeness (QED) is 0.787. The predicted octanol–water partition coefficient (Wildman–Crippen LogP) is 1.69. The highest BCUT2D eigenvalue weighted by Crippen LogP contribution is 2.12. The van der Waals surface area contributed by atoms with Crippen LogP contribution in [0.25, 0.3) is 0 Å². The Morgan fingerprint density at radius 1 is 1.24 bits per heavy atom. The molecule has 88 valence electrons. The van der Waals surface area contributed by atoms with Crippen LogP contribution in [0.3, 0.4) is 0 Å². The SMILES string of the molecule is CC(NC(=O)c1cccn1N)c1ccccc1. The molecule has 0 bridgehead atoms. The lowest BCUT2D eigenvalue weighted by Crippen LogP contribution is -2.30. The molecular weight excluding hydrogens is 214 g/mol. The summed E-state index contributed by atoms with van der Waals surface area (Å²) in [6.45, 7) is 1.94. The summed E-state index contributed by atoms with van der Waals surface area (Å²) in [5, 5.41) is 2.90. The third kappa shape index (κ3) is 2.47. The van der Waals surface area contributed by atoms with E-state index in [9.17, 15) is 4.79 Å². The Balaban J connectivity index is 2.08. The first kappa shape index (κ1) is 11.3. The van der Waals surface area contributed by atoms with Gasteiger partial charge < -0.3 is 11.2 Å². The van der Waals surface area contributed by atoms with Crippen LogP contribution >= 0.6 is 0 Å². The van der Waals surface area contributed by atoms with Crippen LogP contribution in [0.15, 0.2) is 48.7 Å². The van der Waals surface area contributed by atoms with Gasteiger partial charge in [0.25, 0.3) is 5.91 Å². The molecule has 17 heavy (non-hydrogen) atoms. The fraction of sp³-hybridized carbons (Fsp3) is 0.154. The van der Waals surface area contributed by atoms with E-state index in [0.717, 1.165) is 5.56 Å². The summed E-state index contributed by atoms with van der Waals surface area (Å²) in [5.74, 6) is 5.44. The van der Waals surface area contributed by atoms with Gasteiger partial charge in [-0.05, 0) is 24.6 Å². The first-order valence-electron chi connectivity index (χ1n) is 5.46. The van der Waals surface area contributed by atoms with E-state index >= 15 is 0 Å². The van der Waals surface area contributed by atoms with Gasteiger partial charge >= 0.3 is 0 Å². The zero-order valence-electron chi connectivity index (χ0n) is 9.63. The lowest BCUT2D eigenvalue weighted by Gasteiger charge is -2.14. The fourth-order valence-corrected chi connectivity index (χ4v) is 1.68. The van der Waals surface area contributed by atoms with Crippen LogP contribution in [0.4, 0.5) is 0 Å². The third-order valence-corrected chi connectivity index (χ3v) is 2.66. The van der Waals surface area contributed by atoms with Crippen molar-refractivity contribution >= 4 is 5.91 Å². The zero-order valence-corrected chi connectivity index (χ0v) is 9.63. The van der Waals surface area contributed by atoms with Gasteiger partial charge in [0, 0.05) is 6.20 Å². The lowest BCUT2D eigenvalue weighted by molar-refractivity contribution is 0.0932. The molecule has 2 rings (SSSR count). The van der Waals surface area contributed by atoms with E-state index in [1.165, 1.54) is 4.68 Å². The first-order valence-corrected chi connectivity index (χ1v) is 5.46. The highest BCUT2D eigenvalue weighted by Gasteiger charge is 2.13. The molecule has 1 heterocycles. The Hall–Kier alpha value is -2.23. The molecule has 2 aromatic rings. The minimum absolute atomic E-state index is 0.0430. The molecule has 4 nitrogen and oxygen atoms in total. The minimum Gasteiger partial charge on any atom is -0.344 e. The molecule has 0 saturated carbocycles. The van der Waals surface area contributed by atoms with Crippen LogP contribution in [0.2, 0.25) is 0 Å². The van der Waals surface area contributed by atoms with Crippen molar-refractivity contribution in [3.05, 3.63) is 59.9 Å². The van der Waals surface area contributed by atoms with Crippen LogP contribution in [-0.2, 0) is 0 Å². The van der Waals surface area contributed by atoms with Crippen LogP contribution in [0.5, 0.6) is 0 Å². The molecule has 0 spiro atoms. The van der Waals surface area contributed by atoms with E-state index in [0.29, 0.717) is 5.69 Å². The molecule has 1 aromatic heterocycles. The largest absolute Gasteiger partial charge is 0.344 e. The van der Waals surface area contributed by atoms with Crippen molar-refractivity contribution in [2.24, 2.45) is 0 Å². The predicted molar refractivity (Wildman–Crippen MR) is 66.9 cm³/mol. The number of nitrogens with two attached hydrogens (primary N) is 1. The van der Waals surface area contributed by atoms with Gasteiger partial charge in [0.15, 0.2) is 0 Å². The fourth-order valence-electron chi connectivity index (χ4n) is 1.68. The number of nitrogens with one attached hydrogen (secondary N) is 1. The number of rotatable bonds is 3. The molecule has 1 aromatic carbocycles. The molecule has 0 aliphatic rings. The highest BCUT2D eigenvalue weighted by molar-refractivity contribution is 5.93. The molecule has 1 amide bonds. The van der Waals surface area contributed by atoms with Gasteiger partial charge in [-0.25, -0.2) is 0 Å². The normalized spacial score (nSPS) is 12.1. The number of carbonyl (C=O) groups excluding carboxylic acids is 1. The molecule has 0 radical (unpaired) electrons. The molecular formula is C13H15N3O. The Kier molecular flexibility index (Phi) is 3.14. The van der Waals surface area contributed by atoms with Crippen LogP contribution in [0.1, 0.15) is 29.0 Å².